The summed E-state index contributed by atoms with van der Waals surface area (Å²) in [6.45, 7) is 0. The zero-order valence-electron chi connectivity index (χ0n) is 13.9. The lowest BCUT2D eigenvalue weighted by Gasteiger charge is -2.10. The van der Waals surface area contributed by atoms with Crippen molar-refractivity contribution in [2.24, 2.45) is 0 Å². The molecule has 25 heavy (non-hydrogen) atoms. The fourth-order valence-corrected chi connectivity index (χ4v) is 2.80. The lowest BCUT2D eigenvalue weighted by molar-refractivity contribution is 0.356. The normalized spacial score (nSPS) is 10.8. The molecule has 6 nitrogen and oxygen atoms in total. The lowest BCUT2D eigenvalue weighted by Crippen LogP contribution is -1.94. The Bertz CT molecular complexity index is 1030. The Kier molecular flexibility index (Phi) is 3.78. The molecule has 0 aliphatic heterocycles. The van der Waals surface area contributed by atoms with E-state index in [1.165, 1.54) is 0 Å². The Hall–Kier alpha value is -3.41. The number of ether oxygens (including phenoxy) is 2. The summed E-state index contributed by atoms with van der Waals surface area (Å²) >= 11 is 0. The van der Waals surface area contributed by atoms with Gasteiger partial charge in [0.05, 0.1) is 37.8 Å². The summed E-state index contributed by atoms with van der Waals surface area (Å²) in [5.74, 6) is 1.28. The van der Waals surface area contributed by atoms with Crippen LogP contribution in [0.2, 0.25) is 0 Å². The highest BCUT2D eigenvalue weighted by atomic mass is 16.5. The highest BCUT2D eigenvalue weighted by Gasteiger charge is 2.13. The largest absolute Gasteiger partial charge is 0.493 e. The Labute approximate surface area is 144 Å². The SMILES string of the molecule is COc1cc2nncc(-c3cnn(-c4ccccc4)c3)c2cc1OC. The van der Waals surface area contributed by atoms with Gasteiger partial charge in [0.15, 0.2) is 11.5 Å². The highest BCUT2D eigenvalue weighted by Crippen LogP contribution is 2.35. The molecule has 6 heteroatoms. The third kappa shape index (κ3) is 2.67. The van der Waals surface area contributed by atoms with Crippen molar-refractivity contribution in [2.75, 3.05) is 14.2 Å². The molecule has 124 valence electrons. The maximum absolute atomic E-state index is 5.42. The van der Waals surface area contributed by atoms with Gasteiger partial charge in [-0.2, -0.15) is 15.3 Å². The van der Waals surface area contributed by atoms with Gasteiger partial charge in [-0.15, -0.1) is 0 Å². The van der Waals surface area contributed by atoms with Gasteiger partial charge >= 0.3 is 0 Å². The topological polar surface area (TPSA) is 62.1 Å². The number of para-hydroxylation sites is 1. The van der Waals surface area contributed by atoms with Crippen LogP contribution in [0.1, 0.15) is 0 Å². The molecule has 2 aromatic heterocycles. The average molecular weight is 332 g/mol. The molecule has 0 spiro atoms. The Morgan fingerprint density at radius 3 is 2.44 bits per heavy atom. The van der Waals surface area contributed by atoms with Gasteiger partial charge in [-0.25, -0.2) is 4.68 Å². The smallest absolute Gasteiger partial charge is 0.162 e. The molecule has 0 atom stereocenters. The van der Waals surface area contributed by atoms with E-state index in [4.69, 9.17) is 9.47 Å². The minimum atomic E-state index is 0.626. The molecule has 4 aromatic rings. The second-order valence-corrected chi connectivity index (χ2v) is 5.49. The third-order valence-corrected chi connectivity index (χ3v) is 4.06. The van der Waals surface area contributed by atoms with E-state index in [9.17, 15) is 0 Å². The van der Waals surface area contributed by atoms with E-state index in [1.807, 2.05) is 59.5 Å². The van der Waals surface area contributed by atoms with E-state index in [2.05, 4.69) is 15.3 Å². The molecule has 0 N–H and O–H groups in total. The molecule has 4 rings (SSSR count). The van der Waals surface area contributed by atoms with E-state index < -0.39 is 0 Å². The maximum Gasteiger partial charge on any atom is 0.162 e. The Morgan fingerprint density at radius 1 is 0.920 bits per heavy atom. The summed E-state index contributed by atoms with van der Waals surface area (Å²) in [6.07, 6.45) is 5.53. The number of benzene rings is 2. The highest BCUT2D eigenvalue weighted by molar-refractivity contribution is 5.95. The monoisotopic (exact) mass is 332 g/mol. The predicted octanol–water partition coefficient (Wildman–Crippen LogP) is 3.50. The number of nitrogens with zero attached hydrogens (tertiary/aromatic N) is 4. The van der Waals surface area contributed by atoms with Crippen LogP contribution in [0.25, 0.3) is 27.7 Å². The molecule has 0 fully saturated rings. The van der Waals surface area contributed by atoms with Crippen molar-refractivity contribution in [1.82, 2.24) is 20.0 Å². The van der Waals surface area contributed by atoms with Gasteiger partial charge in [0.1, 0.15) is 0 Å². The van der Waals surface area contributed by atoms with Crippen molar-refractivity contribution >= 4 is 10.9 Å². The molecule has 0 radical (unpaired) electrons. The quantitative estimate of drug-likeness (QED) is 0.572. The lowest BCUT2D eigenvalue weighted by atomic mass is 10.1. The van der Waals surface area contributed by atoms with Crippen molar-refractivity contribution in [3.63, 3.8) is 0 Å². The van der Waals surface area contributed by atoms with E-state index in [-0.39, 0.29) is 0 Å². The Balaban J connectivity index is 1.86. The first kappa shape index (κ1) is 15.1. The number of hydrogen-bond acceptors (Lipinski definition) is 5. The third-order valence-electron chi connectivity index (χ3n) is 4.06. The fourth-order valence-electron chi connectivity index (χ4n) is 2.80. The summed E-state index contributed by atoms with van der Waals surface area (Å²) in [5.41, 5.74) is 3.63. The van der Waals surface area contributed by atoms with Crippen LogP contribution < -0.4 is 9.47 Å². The molecule has 0 aliphatic carbocycles. The van der Waals surface area contributed by atoms with Crippen LogP contribution in [0.4, 0.5) is 0 Å². The maximum atomic E-state index is 5.42. The van der Waals surface area contributed by atoms with Gasteiger partial charge in [-0.3, -0.25) is 0 Å². The molecule has 2 heterocycles. The number of rotatable bonds is 4. The van der Waals surface area contributed by atoms with E-state index in [1.54, 1.807) is 20.4 Å². The summed E-state index contributed by atoms with van der Waals surface area (Å²) in [4.78, 5) is 0. The van der Waals surface area contributed by atoms with Crippen molar-refractivity contribution in [1.29, 1.82) is 0 Å². The first-order chi connectivity index (χ1) is 12.3. The van der Waals surface area contributed by atoms with Crippen LogP contribution >= 0.6 is 0 Å². The summed E-state index contributed by atoms with van der Waals surface area (Å²) < 4.78 is 12.6. The molecule has 2 aromatic carbocycles. The molecule has 0 amide bonds. The molecule has 0 bridgehead atoms. The first-order valence-corrected chi connectivity index (χ1v) is 7.78. The van der Waals surface area contributed by atoms with Crippen molar-refractivity contribution in [3.05, 3.63) is 61.1 Å². The molecule has 0 saturated heterocycles. The molecule has 0 saturated carbocycles. The fraction of sp³-hybridized carbons (Fsp3) is 0.105. The van der Waals surface area contributed by atoms with Crippen LogP contribution in [0.15, 0.2) is 61.1 Å². The van der Waals surface area contributed by atoms with Gasteiger partial charge in [-0.1, -0.05) is 18.2 Å². The summed E-state index contributed by atoms with van der Waals surface area (Å²) in [5, 5.41) is 13.7. The van der Waals surface area contributed by atoms with Gasteiger partial charge in [0.2, 0.25) is 0 Å². The summed E-state index contributed by atoms with van der Waals surface area (Å²) in [7, 11) is 3.22. The van der Waals surface area contributed by atoms with Crippen LogP contribution in [0, 0.1) is 0 Å². The minimum absolute atomic E-state index is 0.626. The first-order valence-electron chi connectivity index (χ1n) is 7.78. The van der Waals surface area contributed by atoms with E-state index in [0.29, 0.717) is 11.5 Å². The van der Waals surface area contributed by atoms with Gasteiger partial charge in [-0.05, 0) is 18.2 Å². The van der Waals surface area contributed by atoms with Gasteiger partial charge < -0.3 is 9.47 Å². The standard InChI is InChI=1S/C19H16N4O2/c1-24-18-8-15-16(11-20-22-17(15)9-19(18)25-2)13-10-21-23(12-13)14-6-4-3-5-7-14/h3-12H,1-2H3. The zero-order chi connectivity index (χ0) is 17.2. The molecule has 0 aliphatic rings. The van der Waals surface area contributed by atoms with Gasteiger partial charge in [0, 0.05) is 28.8 Å². The zero-order valence-corrected chi connectivity index (χ0v) is 13.9. The van der Waals surface area contributed by atoms with Crippen LogP contribution in [0.5, 0.6) is 11.5 Å². The van der Waals surface area contributed by atoms with Gasteiger partial charge in [0.25, 0.3) is 0 Å². The summed E-state index contributed by atoms with van der Waals surface area (Å²) in [6, 6.07) is 13.7. The average Bonchev–Trinajstić information content (AvgIpc) is 3.17. The van der Waals surface area contributed by atoms with E-state index >= 15 is 0 Å². The van der Waals surface area contributed by atoms with Crippen LogP contribution in [-0.2, 0) is 0 Å². The molecular formula is C19H16N4O2. The number of methoxy groups -OCH3 is 2. The number of aromatic nitrogens is 4. The number of hydrogen-bond donors (Lipinski definition) is 0. The molecular weight excluding hydrogens is 316 g/mol. The van der Waals surface area contributed by atoms with E-state index in [0.717, 1.165) is 27.7 Å². The van der Waals surface area contributed by atoms with Crippen molar-refractivity contribution in [2.45, 2.75) is 0 Å². The van der Waals surface area contributed by atoms with Crippen molar-refractivity contribution in [3.8, 4) is 28.3 Å². The minimum Gasteiger partial charge on any atom is -0.493 e. The molecule has 0 unspecified atom stereocenters. The van der Waals surface area contributed by atoms with Crippen molar-refractivity contribution < 1.29 is 9.47 Å². The Morgan fingerprint density at radius 2 is 1.68 bits per heavy atom. The van der Waals surface area contributed by atoms with Crippen LogP contribution in [0.3, 0.4) is 0 Å². The second kappa shape index (κ2) is 6.24. The van der Waals surface area contributed by atoms with Crippen LogP contribution in [-0.4, -0.2) is 34.2 Å². The number of fused-ring (bicyclic) bond motifs is 1. The predicted molar refractivity (Wildman–Crippen MR) is 95.2 cm³/mol. The second-order valence-electron chi connectivity index (χ2n) is 5.49.